The largest absolute Gasteiger partial charge is 0.462 e. The average molecular weight is 543 g/mol. The van der Waals surface area contributed by atoms with Gasteiger partial charge in [-0.05, 0) is 26.7 Å². The Morgan fingerprint density at radius 1 is 1.05 bits per heavy atom. The van der Waals surface area contributed by atoms with Crippen molar-refractivity contribution in [3.63, 3.8) is 0 Å². The van der Waals surface area contributed by atoms with Gasteiger partial charge in [-0.1, -0.05) is 19.1 Å². The molecular formula is C26H35ClO10. The van der Waals surface area contributed by atoms with Crippen molar-refractivity contribution < 1.29 is 48.0 Å². The van der Waals surface area contributed by atoms with Crippen LogP contribution in [0.3, 0.4) is 0 Å². The Labute approximate surface area is 220 Å². The summed E-state index contributed by atoms with van der Waals surface area (Å²) in [4.78, 5) is 50.0. The van der Waals surface area contributed by atoms with Crippen molar-refractivity contribution in [2.75, 3.05) is 0 Å². The van der Waals surface area contributed by atoms with E-state index in [4.69, 9.17) is 35.3 Å². The van der Waals surface area contributed by atoms with Crippen molar-refractivity contribution in [3.8, 4) is 0 Å². The maximum Gasteiger partial charge on any atom is 0.312 e. The van der Waals surface area contributed by atoms with Crippen LogP contribution in [0.5, 0.6) is 0 Å². The van der Waals surface area contributed by atoms with Gasteiger partial charge in [0.2, 0.25) is 0 Å². The fraction of sp³-hybridized carbons (Fsp3) is 0.769. The zero-order chi connectivity index (χ0) is 27.7. The normalized spacial score (nSPS) is 46.9. The molecule has 2 saturated heterocycles. The summed E-state index contributed by atoms with van der Waals surface area (Å²) < 4.78 is 29.3. The fourth-order valence-corrected chi connectivity index (χ4v) is 7.30. The highest BCUT2D eigenvalue weighted by atomic mass is 35.5. The highest BCUT2D eigenvalue weighted by Gasteiger charge is 2.78. The first-order valence-electron chi connectivity index (χ1n) is 12.5. The van der Waals surface area contributed by atoms with E-state index in [0.29, 0.717) is 12.0 Å². The third-order valence-electron chi connectivity index (χ3n) is 8.88. The van der Waals surface area contributed by atoms with Crippen LogP contribution < -0.4 is 0 Å². The van der Waals surface area contributed by atoms with Gasteiger partial charge in [0.05, 0.1) is 28.4 Å². The first-order valence-corrected chi connectivity index (χ1v) is 13.0. The van der Waals surface area contributed by atoms with Crippen LogP contribution in [-0.4, -0.2) is 76.1 Å². The molecular weight excluding hydrogens is 508 g/mol. The number of alkyl halides is 1. The Kier molecular flexibility index (Phi) is 6.95. The molecule has 2 aliphatic carbocycles. The van der Waals surface area contributed by atoms with Gasteiger partial charge in [-0.15, -0.1) is 11.6 Å². The van der Waals surface area contributed by atoms with Crippen LogP contribution >= 0.6 is 11.6 Å². The van der Waals surface area contributed by atoms with E-state index in [1.165, 1.54) is 27.7 Å². The van der Waals surface area contributed by atoms with Gasteiger partial charge >= 0.3 is 23.9 Å². The molecule has 37 heavy (non-hydrogen) atoms. The predicted octanol–water partition coefficient (Wildman–Crippen LogP) is 2.22. The van der Waals surface area contributed by atoms with Gasteiger partial charge in [-0.2, -0.15) is 0 Å². The van der Waals surface area contributed by atoms with E-state index in [2.05, 4.69) is 6.58 Å². The summed E-state index contributed by atoms with van der Waals surface area (Å²) in [6.45, 7) is 12.9. The molecule has 0 aromatic carbocycles. The minimum absolute atomic E-state index is 0.245. The lowest BCUT2D eigenvalue weighted by Crippen LogP contribution is -2.70. The van der Waals surface area contributed by atoms with Crippen molar-refractivity contribution in [2.24, 2.45) is 17.3 Å². The summed E-state index contributed by atoms with van der Waals surface area (Å²) in [6, 6.07) is 0. The lowest BCUT2D eigenvalue weighted by Gasteiger charge is -2.56. The SMILES string of the molecule is C=C1CC[C@H](OC(C)=O)[C@@]2(C)[C@@H](OC(C)=O)C[C@H]3O[C@@]3(C)[C@@H]2[C@H](OC(C)=O)[C@]2(O)[C@H](C)C(=O)O[C@H]2[C@H]1Cl. The van der Waals surface area contributed by atoms with E-state index in [-0.39, 0.29) is 12.8 Å². The van der Waals surface area contributed by atoms with Gasteiger partial charge < -0.3 is 28.8 Å². The van der Waals surface area contributed by atoms with E-state index in [0.717, 1.165) is 0 Å². The summed E-state index contributed by atoms with van der Waals surface area (Å²) in [5.41, 5.74) is -3.84. The van der Waals surface area contributed by atoms with Crippen LogP contribution in [0.1, 0.15) is 60.8 Å². The fourth-order valence-electron chi connectivity index (χ4n) is 6.94. The van der Waals surface area contributed by atoms with Gasteiger partial charge in [-0.25, -0.2) is 0 Å². The number of epoxide rings is 1. The molecule has 4 rings (SSSR count). The summed E-state index contributed by atoms with van der Waals surface area (Å²) >= 11 is 6.75. The molecule has 11 atom stereocenters. The predicted molar refractivity (Wildman–Crippen MR) is 128 cm³/mol. The summed E-state index contributed by atoms with van der Waals surface area (Å²) in [7, 11) is 0. The summed E-state index contributed by atoms with van der Waals surface area (Å²) in [6.07, 6.45) is -3.96. The number of carbonyl (C=O) groups excluding carboxylic acids is 4. The Morgan fingerprint density at radius 3 is 2.19 bits per heavy atom. The van der Waals surface area contributed by atoms with Crippen LogP contribution in [0.25, 0.3) is 0 Å². The molecule has 1 N–H and O–H groups in total. The lowest BCUT2D eigenvalue weighted by atomic mass is 9.53. The van der Waals surface area contributed by atoms with Crippen LogP contribution in [-0.2, 0) is 42.9 Å². The molecule has 206 valence electrons. The van der Waals surface area contributed by atoms with Crippen LogP contribution in [0, 0.1) is 17.3 Å². The Morgan fingerprint density at radius 2 is 1.62 bits per heavy atom. The Bertz CT molecular complexity index is 1030. The van der Waals surface area contributed by atoms with E-state index in [1.54, 1.807) is 6.92 Å². The van der Waals surface area contributed by atoms with Gasteiger partial charge in [0, 0.05) is 33.1 Å². The molecule has 0 aromatic heterocycles. The van der Waals surface area contributed by atoms with Gasteiger partial charge in [0.25, 0.3) is 0 Å². The smallest absolute Gasteiger partial charge is 0.312 e. The maximum atomic E-state index is 12.9. The minimum atomic E-state index is -2.10. The van der Waals surface area contributed by atoms with E-state index < -0.39 is 88.2 Å². The highest BCUT2D eigenvalue weighted by molar-refractivity contribution is 6.23. The van der Waals surface area contributed by atoms with Crippen LogP contribution in [0.15, 0.2) is 12.2 Å². The molecule has 0 amide bonds. The van der Waals surface area contributed by atoms with Crippen LogP contribution in [0.4, 0.5) is 0 Å². The third-order valence-corrected chi connectivity index (χ3v) is 9.42. The molecule has 0 aromatic rings. The van der Waals surface area contributed by atoms with Crippen molar-refractivity contribution >= 4 is 35.5 Å². The quantitative estimate of drug-likeness (QED) is 0.186. The van der Waals surface area contributed by atoms with E-state index in [9.17, 15) is 24.3 Å². The van der Waals surface area contributed by atoms with Crippen molar-refractivity contribution in [2.45, 2.75) is 108 Å². The van der Waals surface area contributed by atoms with Gasteiger partial charge in [0.15, 0.2) is 11.7 Å². The molecule has 4 fully saturated rings. The minimum Gasteiger partial charge on any atom is -0.462 e. The molecule has 0 spiro atoms. The molecule has 0 radical (unpaired) electrons. The van der Waals surface area contributed by atoms with Gasteiger partial charge in [0.1, 0.15) is 18.3 Å². The molecule has 2 saturated carbocycles. The molecule has 2 aliphatic heterocycles. The molecule has 11 heteroatoms. The lowest BCUT2D eigenvalue weighted by molar-refractivity contribution is -0.236. The topological polar surface area (TPSA) is 138 Å². The second kappa shape index (κ2) is 9.24. The molecule has 10 nitrogen and oxygen atoms in total. The number of hydrogen-bond donors (Lipinski definition) is 1. The van der Waals surface area contributed by atoms with Crippen molar-refractivity contribution in [3.05, 3.63) is 12.2 Å². The zero-order valence-corrected chi connectivity index (χ0v) is 22.7. The maximum absolute atomic E-state index is 12.9. The number of esters is 4. The monoisotopic (exact) mass is 542 g/mol. The number of ether oxygens (including phenoxy) is 5. The number of aliphatic hydroxyl groups is 1. The molecule has 0 bridgehead atoms. The first-order chi connectivity index (χ1) is 17.1. The van der Waals surface area contributed by atoms with E-state index in [1.807, 2.05) is 6.92 Å². The first kappa shape index (κ1) is 27.9. The summed E-state index contributed by atoms with van der Waals surface area (Å²) in [5.74, 6) is -4.56. The number of rotatable bonds is 3. The summed E-state index contributed by atoms with van der Waals surface area (Å²) in [5, 5.41) is 11.4. The third kappa shape index (κ3) is 4.25. The number of halogens is 1. The highest BCUT2D eigenvalue weighted by Crippen LogP contribution is 2.65. The zero-order valence-electron chi connectivity index (χ0n) is 21.9. The molecule has 4 aliphatic rings. The second-order valence-electron chi connectivity index (χ2n) is 11.2. The number of fused-ring (bicyclic) bond motifs is 4. The van der Waals surface area contributed by atoms with E-state index >= 15 is 0 Å². The van der Waals surface area contributed by atoms with Crippen molar-refractivity contribution in [1.82, 2.24) is 0 Å². The molecule has 2 heterocycles. The second-order valence-corrected chi connectivity index (χ2v) is 11.6. The average Bonchev–Trinajstić information content (AvgIpc) is 3.39. The number of hydrogen-bond acceptors (Lipinski definition) is 10. The number of carbonyl (C=O) groups is 4. The van der Waals surface area contributed by atoms with Gasteiger partial charge in [-0.3, -0.25) is 19.2 Å². The van der Waals surface area contributed by atoms with Crippen molar-refractivity contribution in [1.29, 1.82) is 0 Å². The van der Waals surface area contributed by atoms with Crippen LogP contribution in [0.2, 0.25) is 0 Å². The Balaban J connectivity index is 2.01. The standard InChI is InChI=1S/C26H35ClO10/c1-11-8-9-16(33-13(3)28)24(6)17(34-14(4)29)10-18-25(7,37-18)20(24)22(35-15(5)30)26(32)12(2)23(31)36-21(26)19(11)27/h12,16-22,32H,1,8-10H2,2-7H3/t12-,16+,17+,18-,19+,20-,21+,22+,24+,25-,26+/m1/s1. The Hall–Kier alpha value is -2.17. The molecule has 0 unspecified atom stereocenters.